The van der Waals surface area contributed by atoms with Crippen LogP contribution in [0.25, 0.3) is 0 Å². The molecule has 1 aliphatic rings. The standard InChI is InChI=1S/C22H23N3O4/c1-15-3-7-17(8-4-15)22(2)20(27)25(21(28)24-22)13-18(26)14-29-19-9-5-16(6-10-19)11-12-23/h3-10,18,26H,11,13-14H2,1-2H3,(H,24,28)/t18-,22-/m0/s1. The summed E-state index contributed by atoms with van der Waals surface area (Å²) < 4.78 is 5.53. The third kappa shape index (κ3) is 4.39. The minimum absolute atomic E-state index is 0.0735. The first-order valence-corrected chi connectivity index (χ1v) is 9.31. The highest BCUT2D eigenvalue weighted by Crippen LogP contribution is 2.29. The monoisotopic (exact) mass is 393 g/mol. The van der Waals surface area contributed by atoms with Crippen molar-refractivity contribution in [3.63, 3.8) is 0 Å². The van der Waals surface area contributed by atoms with Crippen molar-refractivity contribution in [2.75, 3.05) is 13.2 Å². The number of amides is 3. The number of β-amino-alcohol motifs (C(OH)–C–C–N with tert-alkyl or cyclic N) is 1. The van der Waals surface area contributed by atoms with Crippen LogP contribution in [0, 0.1) is 18.3 Å². The Bertz CT molecular complexity index is 934. The van der Waals surface area contributed by atoms with Gasteiger partial charge in [0.05, 0.1) is 19.0 Å². The summed E-state index contributed by atoms with van der Waals surface area (Å²) in [7, 11) is 0. The van der Waals surface area contributed by atoms with E-state index in [0.29, 0.717) is 17.7 Å². The van der Waals surface area contributed by atoms with Crippen LogP contribution in [-0.4, -0.2) is 41.2 Å². The van der Waals surface area contributed by atoms with Crippen LogP contribution >= 0.6 is 0 Å². The van der Waals surface area contributed by atoms with Crippen LogP contribution in [0.15, 0.2) is 48.5 Å². The van der Waals surface area contributed by atoms with Gasteiger partial charge in [-0.15, -0.1) is 0 Å². The van der Waals surface area contributed by atoms with Crippen molar-refractivity contribution in [2.45, 2.75) is 31.9 Å². The number of rotatable bonds is 7. The summed E-state index contributed by atoms with van der Waals surface area (Å²) in [4.78, 5) is 26.3. The lowest BCUT2D eigenvalue weighted by atomic mass is 9.91. The Morgan fingerprint density at radius 1 is 1.17 bits per heavy atom. The lowest BCUT2D eigenvalue weighted by Gasteiger charge is -2.23. The molecule has 0 saturated carbocycles. The molecule has 2 aromatic carbocycles. The molecule has 29 heavy (non-hydrogen) atoms. The molecule has 150 valence electrons. The average Bonchev–Trinajstić information content (AvgIpc) is 2.92. The second kappa shape index (κ2) is 8.33. The molecule has 0 radical (unpaired) electrons. The van der Waals surface area contributed by atoms with Crippen molar-refractivity contribution in [2.24, 2.45) is 0 Å². The third-order valence-corrected chi connectivity index (χ3v) is 4.95. The number of nitriles is 1. The van der Waals surface area contributed by atoms with E-state index in [1.54, 1.807) is 31.2 Å². The van der Waals surface area contributed by atoms with Gasteiger partial charge in [0.2, 0.25) is 0 Å². The van der Waals surface area contributed by atoms with Gasteiger partial charge >= 0.3 is 6.03 Å². The summed E-state index contributed by atoms with van der Waals surface area (Å²) in [5.74, 6) is 0.124. The van der Waals surface area contributed by atoms with Crippen molar-refractivity contribution < 1.29 is 19.4 Å². The van der Waals surface area contributed by atoms with E-state index < -0.39 is 23.6 Å². The predicted octanol–water partition coefficient (Wildman–Crippen LogP) is 2.27. The minimum Gasteiger partial charge on any atom is -0.491 e. The summed E-state index contributed by atoms with van der Waals surface area (Å²) in [6, 6.07) is 15.9. The van der Waals surface area contributed by atoms with Crippen LogP contribution in [0.1, 0.15) is 23.6 Å². The number of hydrogen-bond donors (Lipinski definition) is 2. The Balaban J connectivity index is 1.60. The number of aryl methyl sites for hydroxylation is 1. The van der Waals surface area contributed by atoms with E-state index in [1.807, 2.05) is 31.2 Å². The molecule has 0 aromatic heterocycles. The lowest BCUT2D eigenvalue weighted by Crippen LogP contribution is -2.42. The number of carbonyl (C=O) groups excluding carboxylic acids is 2. The lowest BCUT2D eigenvalue weighted by molar-refractivity contribution is -0.132. The third-order valence-electron chi connectivity index (χ3n) is 4.95. The molecular weight excluding hydrogens is 370 g/mol. The zero-order chi connectivity index (χ0) is 21.0. The van der Waals surface area contributed by atoms with E-state index in [4.69, 9.17) is 10.00 Å². The van der Waals surface area contributed by atoms with Gasteiger partial charge in [0.1, 0.15) is 24.0 Å². The maximum atomic E-state index is 12.9. The predicted molar refractivity (Wildman–Crippen MR) is 106 cm³/mol. The molecule has 2 N–H and O–H groups in total. The molecule has 2 aromatic rings. The second-order valence-electron chi connectivity index (χ2n) is 7.28. The van der Waals surface area contributed by atoms with Crippen molar-refractivity contribution in [3.8, 4) is 11.8 Å². The Morgan fingerprint density at radius 3 is 2.45 bits per heavy atom. The zero-order valence-electron chi connectivity index (χ0n) is 16.4. The van der Waals surface area contributed by atoms with Gasteiger partial charge in [0.25, 0.3) is 5.91 Å². The van der Waals surface area contributed by atoms with Gasteiger partial charge in [0.15, 0.2) is 0 Å². The van der Waals surface area contributed by atoms with Gasteiger partial charge in [-0.25, -0.2) is 4.79 Å². The molecule has 3 rings (SSSR count). The zero-order valence-corrected chi connectivity index (χ0v) is 16.4. The molecule has 0 spiro atoms. The second-order valence-corrected chi connectivity index (χ2v) is 7.28. The van der Waals surface area contributed by atoms with Gasteiger partial charge in [-0.2, -0.15) is 5.26 Å². The number of nitrogens with zero attached hydrogens (tertiary/aromatic N) is 2. The fourth-order valence-electron chi connectivity index (χ4n) is 3.20. The fraction of sp³-hybridized carbons (Fsp3) is 0.318. The van der Waals surface area contributed by atoms with Crippen LogP contribution in [0.4, 0.5) is 4.79 Å². The highest BCUT2D eigenvalue weighted by molar-refractivity contribution is 6.07. The molecule has 2 atom stereocenters. The van der Waals surface area contributed by atoms with E-state index in [2.05, 4.69) is 11.4 Å². The highest BCUT2D eigenvalue weighted by Gasteiger charge is 2.49. The number of urea groups is 1. The first-order valence-electron chi connectivity index (χ1n) is 9.31. The topological polar surface area (TPSA) is 103 Å². The molecule has 0 bridgehead atoms. The quantitative estimate of drug-likeness (QED) is 0.703. The molecule has 3 amide bonds. The van der Waals surface area contributed by atoms with E-state index in [0.717, 1.165) is 16.0 Å². The SMILES string of the molecule is Cc1ccc([C@]2(C)NC(=O)N(C[C@H](O)COc3ccc(CC#N)cc3)C2=O)cc1. The molecule has 1 saturated heterocycles. The number of carbonyl (C=O) groups is 2. The number of ether oxygens (including phenoxy) is 1. The molecule has 1 fully saturated rings. The number of benzene rings is 2. The molecule has 0 unspecified atom stereocenters. The van der Waals surface area contributed by atoms with Crippen molar-refractivity contribution in [1.82, 2.24) is 10.2 Å². The maximum absolute atomic E-state index is 12.9. The average molecular weight is 393 g/mol. The van der Waals surface area contributed by atoms with E-state index in [1.165, 1.54) is 0 Å². The van der Waals surface area contributed by atoms with Crippen LogP contribution in [0.2, 0.25) is 0 Å². The van der Waals surface area contributed by atoms with Gasteiger partial charge in [-0.05, 0) is 37.1 Å². The Labute approximate surface area is 169 Å². The number of aliphatic hydroxyl groups excluding tert-OH is 1. The van der Waals surface area contributed by atoms with Gasteiger partial charge in [-0.3, -0.25) is 9.69 Å². The number of imide groups is 1. The number of nitrogens with one attached hydrogen (secondary N) is 1. The van der Waals surface area contributed by atoms with E-state index >= 15 is 0 Å². The van der Waals surface area contributed by atoms with Gasteiger partial charge in [-0.1, -0.05) is 42.0 Å². The van der Waals surface area contributed by atoms with Crippen LogP contribution in [0.5, 0.6) is 5.75 Å². The van der Waals surface area contributed by atoms with Crippen LogP contribution < -0.4 is 10.1 Å². The summed E-state index contributed by atoms with van der Waals surface area (Å²) >= 11 is 0. The normalized spacial score (nSPS) is 19.6. The highest BCUT2D eigenvalue weighted by atomic mass is 16.5. The Hall–Kier alpha value is -3.37. The van der Waals surface area contributed by atoms with E-state index in [9.17, 15) is 14.7 Å². The van der Waals surface area contributed by atoms with E-state index in [-0.39, 0.29) is 13.2 Å². The largest absolute Gasteiger partial charge is 0.491 e. The fourth-order valence-corrected chi connectivity index (χ4v) is 3.20. The van der Waals surface area contributed by atoms with Crippen molar-refractivity contribution in [1.29, 1.82) is 5.26 Å². The maximum Gasteiger partial charge on any atom is 0.325 e. The summed E-state index contributed by atoms with van der Waals surface area (Å²) in [5, 5.41) is 21.7. The molecular formula is C22H23N3O4. The molecule has 0 aliphatic carbocycles. The number of hydrogen-bond acceptors (Lipinski definition) is 5. The van der Waals surface area contributed by atoms with Gasteiger partial charge < -0.3 is 15.2 Å². The molecule has 7 nitrogen and oxygen atoms in total. The smallest absolute Gasteiger partial charge is 0.325 e. The molecule has 1 aliphatic heterocycles. The Kier molecular flexibility index (Phi) is 5.85. The first-order chi connectivity index (χ1) is 13.8. The van der Waals surface area contributed by atoms with Crippen molar-refractivity contribution in [3.05, 3.63) is 65.2 Å². The summed E-state index contributed by atoms with van der Waals surface area (Å²) in [6.07, 6.45) is -0.724. The molecule has 1 heterocycles. The molecule has 7 heteroatoms. The minimum atomic E-state index is -1.16. The van der Waals surface area contributed by atoms with Gasteiger partial charge in [0, 0.05) is 0 Å². The Morgan fingerprint density at radius 2 is 1.83 bits per heavy atom. The summed E-state index contributed by atoms with van der Waals surface area (Å²) in [5.41, 5.74) is 1.45. The van der Waals surface area contributed by atoms with Crippen LogP contribution in [0.3, 0.4) is 0 Å². The first kappa shape index (κ1) is 20.4. The number of aliphatic hydroxyl groups is 1. The van der Waals surface area contributed by atoms with Crippen molar-refractivity contribution >= 4 is 11.9 Å². The van der Waals surface area contributed by atoms with Crippen LogP contribution in [-0.2, 0) is 16.8 Å². The summed E-state index contributed by atoms with van der Waals surface area (Å²) in [6.45, 7) is 3.36.